The van der Waals surface area contributed by atoms with E-state index in [-0.39, 0.29) is 5.41 Å². The van der Waals surface area contributed by atoms with Crippen LogP contribution in [0.15, 0.2) is 0 Å². The zero-order valence-electron chi connectivity index (χ0n) is 9.47. The lowest BCUT2D eigenvalue weighted by molar-refractivity contribution is 0.0815. The summed E-state index contributed by atoms with van der Waals surface area (Å²) in [5.74, 6) is 0. The summed E-state index contributed by atoms with van der Waals surface area (Å²) in [4.78, 5) is 0. The molecule has 3 nitrogen and oxygen atoms in total. The molecule has 0 saturated heterocycles. The summed E-state index contributed by atoms with van der Waals surface area (Å²) in [5.41, 5.74) is 0.130. The van der Waals surface area contributed by atoms with Crippen molar-refractivity contribution >= 4 is 0 Å². The molecule has 1 saturated carbocycles. The predicted molar refractivity (Wildman–Crippen MR) is 60.3 cm³/mol. The molecule has 0 aromatic heterocycles. The summed E-state index contributed by atoms with van der Waals surface area (Å²) >= 11 is 0. The number of unbranched alkanes of at least 4 members (excludes halogenated alkanes) is 1. The van der Waals surface area contributed by atoms with Crippen LogP contribution in [-0.2, 0) is 0 Å². The van der Waals surface area contributed by atoms with Gasteiger partial charge in [0.25, 0.3) is 0 Å². The van der Waals surface area contributed by atoms with Gasteiger partial charge in [-0.25, -0.2) is 0 Å². The fourth-order valence-corrected chi connectivity index (χ4v) is 2.34. The fourth-order valence-electron chi connectivity index (χ4n) is 2.34. The van der Waals surface area contributed by atoms with Gasteiger partial charge in [0, 0.05) is 25.0 Å². The minimum atomic E-state index is 0.130. The summed E-state index contributed by atoms with van der Waals surface area (Å²) in [6.07, 6.45) is 7.65. The van der Waals surface area contributed by atoms with Gasteiger partial charge in [-0.2, -0.15) is 5.26 Å². The molecular formula is C12H22N2O. The molecule has 0 aromatic carbocycles. The highest BCUT2D eigenvalue weighted by atomic mass is 16.3. The lowest BCUT2D eigenvalue weighted by Gasteiger charge is -2.35. The van der Waals surface area contributed by atoms with Gasteiger partial charge in [-0.15, -0.1) is 0 Å². The molecule has 86 valence electrons. The Bertz CT molecular complexity index is 204. The van der Waals surface area contributed by atoms with E-state index in [2.05, 4.69) is 11.4 Å². The molecular weight excluding hydrogens is 188 g/mol. The van der Waals surface area contributed by atoms with Crippen molar-refractivity contribution in [2.45, 2.75) is 44.9 Å². The lowest BCUT2D eigenvalue weighted by Crippen LogP contribution is -2.39. The summed E-state index contributed by atoms with van der Waals surface area (Å²) in [7, 11) is 0. The molecule has 3 heteroatoms. The molecule has 0 aromatic rings. The molecule has 0 unspecified atom stereocenters. The number of nitrogens with one attached hydrogen (secondary N) is 1. The van der Waals surface area contributed by atoms with Crippen LogP contribution in [0.5, 0.6) is 0 Å². The van der Waals surface area contributed by atoms with Crippen molar-refractivity contribution in [3.8, 4) is 6.07 Å². The Morgan fingerprint density at radius 2 is 2.00 bits per heavy atom. The van der Waals surface area contributed by atoms with Crippen LogP contribution in [0.3, 0.4) is 0 Å². The summed E-state index contributed by atoms with van der Waals surface area (Å²) in [6.45, 7) is 2.11. The van der Waals surface area contributed by atoms with Crippen LogP contribution < -0.4 is 5.32 Å². The van der Waals surface area contributed by atoms with Gasteiger partial charge in [0.1, 0.15) is 0 Å². The quantitative estimate of drug-likeness (QED) is 0.657. The van der Waals surface area contributed by atoms with Crippen LogP contribution in [0.1, 0.15) is 44.9 Å². The average molecular weight is 210 g/mol. The van der Waals surface area contributed by atoms with Crippen LogP contribution in [0, 0.1) is 16.7 Å². The van der Waals surface area contributed by atoms with E-state index < -0.39 is 0 Å². The molecule has 1 rings (SSSR count). The van der Waals surface area contributed by atoms with Crippen LogP contribution in [-0.4, -0.2) is 24.8 Å². The lowest BCUT2D eigenvalue weighted by atomic mass is 9.74. The number of rotatable bonds is 6. The topological polar surface area (TPSA) is 56.0 Å². The van der Waals surface area contributed by atoms with Crippen molar-refractivity contribution in [1.82, 2.24) is 5.32 Å². The Kier molecular flexibility index (Phi) is 5.67. The number of nitrogens with zero attached hydrogens (tertiary/aromatic N) is 1. The van der Waals surface area contributed by atoms with Crippen molar-refractivity contribution in [3.63, 3.8) is 0 Å². The minimum Gasteiger partial charge on any atom is -0.396 e. The van der Waals surface area contributed by atoms with Crippen LogP contribution in [0.25, 0.3) is 0 Å². The molecule has 0 aliphatic heterocycles. The van der Waals surface area contributed by atoms with E-state index in [9.17, 15) is 5.11 Å². The Labute approximate surface area is 92.5 Å². The van der Waals surface area contributed by atoms with Crippen LogP contribution >= 0.6 is 0 Å². The second-order valence-electron chi connectivity index (χ2n) is 4.66. The third kappa shape index (κ3) is 4.19. The predicted octanol–water partition coefficient (Wildman–Crippen LogP) is 1.82. The zero-order valence-corrected chi connectivity index (χ0v) is 9.47. The monoisotopic (exact) mass is 210 g/mol. The van der Waals surface area contributed by atoms with Gasteiger partial charge in [0.05, 0.1) is 6.07 Å². The van der Waals surface area contributed by atoms with Gasteiger partial charge >= 0.3 is 0 Å². The Morgan fingerprint density at radius 1 is 1.27 bits per heavy atom. The molecule has 0 heterocycles. The van der Waals surface area contributed by atoms with E-state index in [1.165, 1.54) is 19.3 Å². The second kappa shape index (κ2) is 6.81. The van der Waals surface area contributed by atoms with Gasteiger partial charge in [0.15, 0.2) is 0 Å². The van der Waals surface area contributed by atoms with E-state index in [0.29, 0.717) is 13.0 Å². The van der Waals surface area contributed by atoms with Gasteiger partial charge in [-0.3, -0.25) is 0 Å². The second-order valence-corrected chi connectivity index (χ2v) is 4.66. The van der Waals surface area contributed by atoms with E-state index in [4.69, 9.17) is 5.26 Å². The normalized spacial score (nSPS) is 19.7. The van der Waals surface area contributed by atoms with Gasteiger partial charge in [-0.1, -0.05) is 19.3 Å². The van der Waals surface area contributed by atoms with E-state index in [1.807, 2.05) is 0 Å². The van der Waals surface area contributed by atoms with Crippen LogP contribution in [0.2, 0.25) is 0 Å². The Hall–Kier alpha value is -0.590. The maximum atomic E-state index is 9.45. The third-order valence-corrected chi connectivity index (χ3v) is 3.39. The Morgan fingerprint density at radius 3 is 2.60 bits per heavy atom. The molecule has 15 heavy (non-hydrogen) atoms. The number of aliphatic hydroxyl groups is 1. The maximum Gasteiger partial charge on any atom is 0.0622 e. The first-order valence-electron chi connectivity index (χ1n) is 6.01. The first-order valence-corrected chi connectivity index (χ1v) is 6.01. The van der Waals surface area contributed by atoms with Crippen molar-refractivity contribution in [2.24, 2.45) is 5.41 Å². The smallest absolute Gasteiger partial charge is 0.0622 e. The molecule has 1 aliphatic carbocycles. The van der Waals surface area contributed by atoms with Crippen LogP contribution in [0.4, 0.5) is 0 Å². The third-order valence-electron chi connectivity index (χ3n) is 3.39. The van der Waals surface area contributed by atoms with E-state index >= 15 is 0 Å². The molecule has 0 bridgehead atoms. The minimum absolute atomic E-state index is 0.130. The molecule has 0 atom stereocenters. The molecule has 0 amide bonds. The van der Waals surface area contributed by atoms with Gasteiger partial charge < -0.3 is 10.4 Å². The van der Waals surface area contributed by atoms with Crippen molar-refractivity contribution < 1.29 is 5.11 Å². The Balaban J connectivity index is 2.18. The standard InChI is InChI=1S/C12H22N2O/c13-8-4-5-9-14-10-12(11-15)6-2-1-3-7-12/h14-15H,1-7,9-11H2. The maximum absolute atomic E-state index is 9.45. The highest BCUT2D eigenvalue weighted by Crippen LogP contribution is 2.35. The first kappa shape index (κ1) is 12.5. The highest BCUT2D eigenvalue weighted by Gasteiger charge is 2.30. The van der Waals surface area contributed by atoms with E-state index in [1.54, 1.807) is 0 Å². The number of hydrogen-bond acceptors (Lipinski definition) is 3. The number of nitriles is 1. The summed E-state index contributed by atoms with van der Waals surface area (Å²) in [6, 6.07) is 2.14. The zero-order chi connectivity index (χ0) is 11.0. The molecule has 2 N–H and O–H groups in total. The largest absolute Gasteiger partial charge is 0.396 e. The van der Waals surface area contributed by atoms with Crippen molar-refractivity contribution in [3.05, 3.63) is 0 Å². The summed E-state index contributed by atoms with van der Waals surface area (Å²) < 4.78 is 0. The fraction of sp³-hybridized carbons (Fsp3) is 0.917. The molecule has 1 fully saturated rings. The molecule has 1 aliphatic rings. The first-order chi connectivity index (χ1) is 7.33. The summed E-state index contributed by atoms with van der Waals surface area (Å²) in [5, 5.41) is 21.2. The van der Waals surface area contributed by atoms with Crippen molar-refractivity contribution in [2.75, 3.05) is 19.7 Å². The average Bonchev–Trinajstić information content (AvgIpc) is 2.30. The van der Waals surface area contributed by atoms with E-state index in [0.717, 1.165) is 32.4 Å². The molecule has 0 radical (unpaired) electrons. The highest BCUT2D eigenvalue weighted by molar-refractivity contribution is 4.84. The SMILES string of the molecule is N#CCCCNCC1(CO)CCCCC1. The number of aliphatic hydroxyl groups excluding tert-OH is 1. The number of hydrogen-bond donors (Lipinski definition) is 2. The van der Waals surface area contributed by atoms with Gasteiger partial charge in [-0.05, 0) is 25.8 Å². The van der Waals surface area contributed by atoms with Gasteiger partial charge in [0.2, 0.25) is 0 Å². The van der Waals surface area contributed by atoms with Crippen molar-refractivity contribution in [1.29, 1.82) is 5.26 Å². The molecule has 0 spiro atoms.